The number of fused-ring (bicyclic) bond motifs is 2. The summed E-state index contributed by atoms with van der Waals surface area (Å²) in [6, 6.07) is 56.3. The van der Waals surface area contributed by atoms with Crippen LogP contribution in [0.25, 0.3) is 67.1 Å². The second-order valence-electron chi connectivity index (χ2n) is 18.0. The number of para-hydroxylation sites is 2. The van der Waals surface area contributed by atoms with Crippen LogP contribution in [-0.4, -0.2) is 69.6 Å². The van der Waals surface area contributed by atoms with Gasteiger partial charge in [-0.25, -0.2) is 9.36 Å². The first-order valence-electron chi connectivity index (χ1n) is 25.5. The van der Waals surface area contributed by atoms with Crippen molar-refractivity contribution >= 4 is 21.9 Å². The van der Waals surface area contributed by atoms with E-state index in [1.54, 1.807) is 45.8 Å². The van der Waals surface area contributed by atoms with Crippen molar-refractivity contribution in [2.75, 3.05) is 39.6 Å². The fourth-order valence-corrected chi connectivity index (χ4v) is 8.61. The van der Waals surface area contributed by atoms with Gasteiger partial charge in [0.25, 0.3) is 0 Å². The van der Waals surface area contributed by atoms with Gasteiger partial charge in [-0.05, 0) is 83.9 Å². The van der Waals surface area contributed by atoms with Gasteiger partial charge in [0.1, 0.15) is 60.5 Å². The molecule has 0 fully saturated rings. The van der Waals surface area contributed by atoms with Crippen molar-refractivity contribution in [1.29, 1.82) is 0 Å². The first-order chi connectivity index (χ1) is 38.5. The maximum absolute atomic E-state index is 13.5. The summed E-state index contributed by atoms with van der Waals surface area (Å²) in [6.07, 6.45) is 3.77. The molecule has 4 aromatic heterocycles. The zero-order valence-corrected chi connectivity index (χ0v) is 42.3. The van der Waals surface area contributed by atoms with Crippen LogP contribution >= 0.6 is 0 Å². The largest absolute Gasteiger partial charge is 0.491 e. The Morgan fingerprint density at radius 3 is 1.19 bits per heavy atom. The van der Waals surface area contributed by atoms with E-state index in [4.69, 9.17) is 37.3 Å². The molecule has 0 bridgehead atoms. The molecule has 11 rings (SSSR count). The van der Waals surface area contributed by atoms with Gasteiger partial charge in [0.15, 0.2) is 11.5 Å². The van der Waals surface area contributed by atoms with Gasteiger partial charge in [-0.1, -0.05) is 120 Å². The molecule has 0 aliphatic rings. The van der Waals surface area contributed by atoms with Gasteiger partial charge < -0.3 is 37.3 Å². The average molecular weight is 1040 g/mol. The van der Waals surface area contributed by atoms with Gasteiger partial charge in [-0.3, -0.25) is 9.59 Å². The van der Waals surface area contributed by atoms with Gasteiger partial charge in [0, 0.05) is 22.3 Å². The third-order valence-corrected chi connectivity index (χ3v) is 12.7. The molecular formula is C62H52N6O10. The van der Waals surface area contributed by atoms with E-state index in [-0.39, 0.29) is 35.6 Å². The first-order valence-corrected chi connectivity index (χ1v) is 25.5. The fraction of sp³-hybridized carbons (Fsp3) is 0.161. The zero-order valence-electron chi connectivity index (χ0n) is 42.3. The lowest BCUT2D eigenvalue weighted by molar-refractivity contribution is 0.0923. The molecular weight excluding hydrogens is 989 g/mol. The number of hydrogen-bond donors (Lipinski definition) is 0. The number of aromatic nitrogens is 6. The standard InChI is InChI=1S/C62H52N6O10/c69-57-51-15-7-9-17-55(51)77-59(61(57)75-41-43-11-3-1-4-12-43)47-23-27-49(28-24-47)73-37-35-71-33-31-67-39-53(63-65-67)45-19-21-46(22-20-45)54-40-68(66-64-54)32-34-72-36-38-74-50-29-25-48(26-30-50)60-62(76-42-44-13-5-2-6-14-44)58(70)52-16-8-10-18-56(52)78-60/h1-30,39-40H,31-38,41-42H2. The minimum Gasteiger partial charge on any atom is -0.491 e. The Kier molecular flexibility index (Phi) is 15.8. The van der Waals surface area contributed by atoms with Crippen molar-refractivity contribution < 1.29 is 37.3 Å². The van der Waals surface area contributed by atoms with Crippen LogP contribution in [0.15, 0.2) is 213 Å². The molecule has 0 aliphatic heterocycles. The van der Waals surface area contributed by atoms with Crippen LogP contribution in [0.4, 0.5) is 0 Å². The van der Waals surface area contributed by atoms with Gasteiger partial charge in [-0.15, -0.1) is 10.2 Å². The summed E-state index contributed by atoms with van der Waals surface area (Å²) in [5.41, 5.74) is 7.09. The highest BCUT2D eigenvalue weighted by atomic mass is 16.5. The van der Waals surface area contributed by atoms with Gasteiger partial charge in [0.2, 0.25) is 22.4 Å². The number of nitrogens with zero attached hydrogens (tertiary/aromatic N) is 6. The van der Waals surface area contributed by atoms with Gasteiger partial charge >= 0.3 is 0 Å². The fourth-order valence-electron chi connectivity index (χ4n) is 8.61. The summed E-state index contributed by atoms with van der Waals surface area (Å²) >= 11 is 0. The van der Waals surface area contributed by atoms with E-state index in [0.717, 1.165) is 33.6 Å². The van der Waals surface area contributed by atoms with Crippen molar-refractivity contribution in [1.82, 2.24) is 30.0 Å². The van der Waals surface area contributed by atoms with Crippen molar-refractivity contribution in [3.8, 4) is 68.2 Å². The molecule has 11 aromatic rings. The van der Waals surface area contributed by atoms with Crippen molar-refractivity contribution in [2.45, 2.75) is 26.3 Å². The normalized spacial score (nSPS) is 11.3. The zero-order chi connectivity index (χ0) is 52.9. The molecule has 390 valence electrons. The Morgan fingerprint density at radius 2 is 0.769 bits per heavy atom. The average Bonchev–Trinajstić information content (AvgIpc) is 4.24. The summed E-state index contributed by atoms with van der Waals surface area (Å²) in [5, 5.41) is 18.2. The Balaban J connectivity index is 0.592. The molecule has 0 radical (unpaired) electrons. The predicted molar refractivity (Wildman–Crippen MR) is 294 cm³/mol. The molecule has 16 heteroatoms. The number of benzene rings is 7. The van der Waals surface area contributed by atoms with Crippen molar-refractivity contribution in [3.05, 3.63) is 226 Å². The summed E-state index contributed by atoms with van der Waals surface area (Å²) in [6.45, 7) is 3.76. The molecule has 0 atom stereocenters. The van der Waals surface area contributed by atoms with Crippen LogP contribution < -0.4 is 29.8 Å². The van der Waals surface area contributed by atoms with Crippen LogP contribution in [0.1, 0.15) is 11.1 Å². The van der Waals surface area contributed by atoms with E-state index in [1.807, 2.05) is 158 Å². The third-order valence-electron chi connectivity index (χ3n) is 12.7. The van der Waals surface area contributed by atoms with Gasteiger partial charge in [-0.2, -0.15) is 0 Å². The molecule has 78 heavy (non-hydrogen) atoms. The quantitative estimate of drug-likeness (QED) is 0.0522. The summed E-state index contributed by atoms with van der Waals surface area (Å²) in [5.74, 6) is 2.34. The summed E-state index contributed by atoms with van der Waals surface area (Å²) in [4.78, 5) is 27.1. The predicted octanol–water partition coefficient (Wildman–Crippen LogP) is 11.1. The Hall–Kier alpha value is -9.64. The highest BCUT2D eigenvalue weighted by Crippen LogP contribution is 2.34. The molecule has 4 heterocycles. The highest BCUT2D eigenvalue weighted by Gasteiger charge is 2.20. The van der Waals surface area contributed by atoms with Crippen LogP contribution in [-0.2, 0) is 35.8 Å². The molecule has 0 saturated heterocycles. The van der Waals surface area contributed by atoms with E-state index in [9.17, 15) is 9.59 Å². The maximum atomic E-state index is 13.5. The SMILES string of the molecule is O=c1c(OCc2ccccc2)c(-c2ccc(OCCOCCn3cc(-c4ccc(-c5cn(CCOCCOc6ccc(-c7oc8ccccc8c(=O)c7OCc7ccccc7)cc6)nn5)cc4)nn3)cc2)oc2ccccc12. The second kappa shape index (κ2) is 24.4. The van der Waals surface area contributed by atoms with E-state index in [1.165, 1.54) is 0 Å². The molecule has 0 amide bonds. The lowest BCUT2D eigenvalue weighted by Gasteiger charge is -2.12. The molecule has 0 unspecified atom stereocenters. The molecule has 0 N–H and O–H groups in total. The minimum atomic E-state index is -0.226. The lowest BCUT2D eigenvalue weighted by Crippen LogP contribution is -2.11. The lowest BCUT2D eigenvalue weighted by atomic mass is 10.1. The first kappa shape index (κ1) is 50.5. The molecule has 16 nitrogen and oxygen atoms in total. The smallest absolute Gasteiger partial charge is 0.235 e. The topological polar surface area (TPSA) is 177 Å². The number of rotatable bonds is 24. The number of hydrogen-bond acceptors (Lipinski definition) is 14. The van der Waals surface area contributed by atoms with Crippen LogP contribution in [0.5, 0.6) is 23.0 Å². The van der Waals surface area contributed by atoms with Crippen LogP contribution in [0.2, 0.25) is 0 Å². The van der Waals surface area contributed by atoms with Gasteiger partial charge in [0.05, 0.1) is 62.7 Å². The summed E-state index contributed by atoms with van der Waals surface area (Å²) in [7, 11) is 0. The summed E-state index contributed by atoms with van der Waals surface area (Å²) < 4.78 is 51.7. The van der Waals surface area contributed by atoms with E-state index in [0.29, 0.717) is 109 Å². The molecule has 0 saturated carbocycles. The van der Waals surface area contributed by atoms with Crippen LogP contribution in [0.3, 0.4) is 0 Å². The second-order valence-corrected chi connectivity index (χ2v) is 18.0. The monoisotopic (exact) mass is 1040 g/mol. The number of ether oxygens (including phenoxy) is 6. The van der Waals surface area contributed by atoms with Crippen LogP contribution in [0, 0.1) is 0 Å². The van der Waals surface area contributed by atoms with Crippen molar-refractivity contribution in [3.63, 3.8) is 0 Å². The highest BCUT2D eigenvalue weighted by molar-refractivity contribution is 5.83. The minimum absolute atomic E-state index is 0.162. The van der Waals surface area contributed by atoms with E-state index < -0.39 is 0 Å². The van der Waals surface area contributed by atoms with E-state index in [2.05, 4.69) is 20.6 Å². The molecule has 0 aliphatic carbocycles. The Morgan fingerprint density at radius 1 is 0.385 bits per heavy atom. The maximum Gasteiger partial charge on any atom is 0.235 e. The third kappa shape index (κ3) is 12.2. The molecule has 7 aromatic carbocycles. The van der Waals surface area contributed by atoms with Crippen molar-refractivity contribution in [2.24, 2.45) is 0 Å². The van der Waals surface area contributed by atoms with E-state index >= 15 is 0 Å². The Labute approximate surface area is 447 Å². The molecule has 0 spiro atoms. The Bertz CT molecular complexity index is 3610.